The number of anilines is 2. The second-order valence-corrected chi connectivity index (χ2v) is 9.01. The Hall–Kier alpha value is -4.52. The quantitative estimate of drug-likeness (QED) is 0.317. The Bertz CT molecular complexity index is 1340. The molecule has 8 nitrogen and oxygen atoms in total. The van der Waals surface area contributed by atoms with Crippen molar-refractivity contribution in [3.63, 3.8) is 0 Å². The lowest BCUT2D eigenvalue weighted by atomic mass is 9.98. The Kier molecular flexibility index (Phi) is 8.97. The Balaban J connectivity index is 1.89. The van der Waals surface area contributed by atoms with Crippen LogP contribution in [0.3, 0.4) is 0 Å². The molecule has 38 heavy (non-hydrogen) atoms. The molecule has 1 aromatic heterocycles. The Morgan fingerprint density at radius 3 is 2.21 bits per heavy atom. The van der Waals surface area contributed by atoms with Crippen LogP contribution in [0.5, 0.6) is 0 Å². The molecule has 0 saturated carbocycles. The number of aldehydes is 2. The predicted octanol–water partition coefficient (Wildman–Crippen LogP) is 3.64. The van der Waals surface area contributed by atoms with Gasteiger partial charge in [0.1, 0.15) is 29.6 Å². The minimum Gasteiger partial charge on any atom is -0.356 e. The van der Waals surface area contributed by atoms with Crippen LogP contribution in [0.2, 0.25) is 0 Å². The fourth-order valence-corrected chi connectivity index (χ4v) is 3.83. The monoisotopic (exact) mass is 521 g/mol. The highest BCUT2D eigenvalue weighted by atomic mass is 19.1. The predicted molar refractivity (Wildman–Crippen MR) is 141 cm³/mol. The number of likely N-dealkylation sites (N-methyl/N-ethyl adjacent to an activating group) is 1. The molecule has 2 amide bonds. The van der Waals surface area contributed by atoms with Gasteiger partial charge in [0.15, 0.2) is 11.6 Å². The molecule has 0 N–H and O–H groups in total. The summed E-state index contributed by atoms with van der Waals surface area (Å²) in [6.07, 6.45) is 2.48. The highest BCUT2D eigenvalue weighted by molar-refractivity contribution is 5.94. The molecule has 0 aliphatic carbocycles. The molecule has 3 aromatic rings. The molecule has 0 fully saturated rings. The number of amides is 2. The second kappa shape index (κ2) is 12.1. The Morgan fingerprint density at radius 2 is 1.66 bits per heavy atom. The van der Waals surface area contributed by atoms with E-state index in [0.717, 1.165) is 21.9 Å². The van der Waals surface area contributed by atoms with E-state index in [-0.39, 0.29) is 25.1 Å². The number of aryl methyl sites for hydroxylation is 1. The van der Waals surface area contributed by atoms with Crippen LogP contribution < -0.4 is 9.80 Å². The van der Waals surface area contributed by atoms with Gasteiger partial charge in [-0.15, -0.1) is 0 Å². The molecule has 10 heteroatoms. The first kappa shape index (κ1) is 28.1. The lowest BCUT2D eigenvalue weighted by Crippen LogP contribution is -2.57. The van der Waals surface area contributed by atoms with E-state index in [4.69, 9.17) is 0 Å². The molecule has 198 valence electrons. The molecule has 1 unspecified atom stereocenters. The van der Waals surface area contributed by atoms with Crippen LogP contribution in [0, 0.1) is 23.5 Å². The van der Waals surface area contributed by atoms with Gasteiger partial charge in [0, 0.05) is 64.0 Å². The van der Waals surface area contributed by atoms with Gasteiger partial charge >= 0.3 is 6.03 Å². The van der Waals surface area contributed by atoms with Gasteiger partial charge in [0.05, 0.1) is 0 Å². The fourth-order valence-electron chi connectivity index (χ4n) is 3.83. The number of aromatic nitrogens is 2. The van der Waals surface area contributed by atoms with E-state index in [2.05, 4.69) is 16.9 Å². The van der Waals surface area contributed by atoms with Gasteiger partial charge in [-0.3, -0.25) is 9.58 Å². The van der Waals surface area contributed by atoms with Gasteiger partial charge in [-0.1, -0.05) is 30.0 Å². The largest absolute Gasteiger partial charge is 0.356 e. The van der Waals surface area contributed by atoms with E-state index in [0.29, 0.717) is 24.0 Å². The third-order valence-electron chi connectivity index (χ3n) is 6.11. The van der Waals surface area contributed by atoms with Gasteiger partial charge in [-0.05, 0) is 31.2 Å². The van der Waals surface area contributed by atoms with Crippen molar-refractivity contribution in [2.24, 2.45) is 7.05 Å². The first-order chi connectivity index (χ1) is 18.1. The molecule has 0 saturated heterocycles. The molecule has 2 aromatic carbocycles. The molecule has 0 aliphatic heterocycles. The molecule has 0 aliphatic rings. The van der Waals surface area contributed by atoms with Crippen molar-refractivity contribution in [1.29, 1.82) is 0 Å². The Labute approximate surface area is 220 Å². The van der Waals surface area contributed by atoms with Crippen LogP contribution in [0.15, 0.2) is 54.7 Å². The minimum atomic E-state index is -1.54. The van der Waals surface area contributed by atoms with Crippen molar-refractivity contribution in [2.75, 3.05) is 37.0 Å². The fraction of sp³-hybridized carbons (Fsp3) is 0.286. The van der Waals surface area contributed by atoms with Crippen LogP contribution in [-0.4, -0.2) is 66.0 Å². The highest BCUT2D eigenvalue weighted by Crippen LogP contribution is 2.27. The molecule has 3 rings (SSSR count). The van der Waals surface area contributed by atoms with Gasteiger partial charge in [0.25, 0.3) is 0 Å². The van der Waals surface area contributed by atoms with Crippen LogP contribution in [-0.2, 0) is 16.6 Å². The smallest absolute Gasteiger partial charge is 0.325 e. The number of hydrogen-bond donors (Lipinski definition) is 0. The summed E-state index contributed by atoms with van der Waals surface area (Å²) < 4.78 is 31.8. The first-order valence-electron chi connectivity index (χ1n) is 11.8. The normalized spacial score (nSPS) is 12.1. The van der Waals surface area contributed by atoms with Crippen molar-refractivity contribution < 1.29 is 23.2 Å². The van der Waals surface area contributed by atoms with E-state index < -0.39 is 28.9 Å². The van der Waals surface area contributed by atoms with Crippen molar-refractivity contribution >= 4 is 30.1 Å². The minimum absolute atomic E-state index is 0.0246. The van der Waals surface area contributed by atoms with Crippen molar-refractivity contribution in [3.8, 4) is 11.8 Å². The average molecular weight is 522 g/mol. The molecule has 1 heterocycles. The summed E-state index contributed by atoms with van der Waals surface area (Å²) in [5.74, 6) is 4.19. The number of carbonyl (C=O) groups is 3. The molecule has 0 spiro atoms. The molecular weight excluding hydrogens is 492 g/mol. The van der Waals surface area contributed by atoms with Crippen molar-refractivity contribution in [1.82, 2.24) is 14.7 Å². The number of carbonyl (C=O) groups excluding carboxylic acids is 3. The van der Waals surface area contributed by atoms with Crippen LogP contribution in [0.1, 0.15) is 24.5 Å². The molecule has 0 radical (unpaired) electrons. The SMILES string of the molecule is CN(CCN(C(=O)N(C)c1c(F)cc(C#Cc2ccccc2)cc1F)C(C)(C=O)CC=O)c1ccn(C)n1. The summed E-state index contributed by atoms with van der Waals surface area (Å²) in [5, 5.41) is 4.29. The lowest BCUT2D eigenvalue weighted by molar-refractivity contribution is -0.120. The van der Waals surface area contributed by atoms with Crippen molar-refractivity contribution in [2.45, 2.75) is 18.9 Å². The molecule has 1 atom stereocenters. The third kappa shape index (κ3) is 6.42. The Morgan fingerprint density at radius 1 is 1.03 bits per heavy atom. The number of benzene rings is 2. The zero-order valence-electron chi connectivity index (χ0n) is 21.7. The number of rotatable bonds is 9. The van der Waals surface area contributed by atoms with Crippen LogP contribution in [0.4, 0.5) is 25.1 Å². The highest BCUT2D eigenvalue weighted by Gasteiger charge is 2.38. The second-order valence-electron chi connectivity index (χ2n) is 9.01. The molecular formula is C28H29F2N5O3. The van der Waals surface area contributed by atoms with E-state index in [9.17, 15) is 14.4 Å². The van der Waals surface area contributed by atoms with Gasteiger partial charge in [-0.2, -0.15) is 5.10 Å². The van der Waals surface area contributed by atoms with Crippen LogP contribution in [0.25, 0.3) is 0 Å². The topological polar surface area (TPSA) is 78.8 Å². The zero-order chi connectivity index (χ0) is 27.9. The first-order valence-corrected chi connectivity index (χ1v) is 11.8. The number of nitrogens with zero attached hydrogens (tertiary/aromatic N) is 5. The lowest BCUT2D eigenvalue weighted by Gasteiger charge is -2.39. The molecule has 0 bridgehead atoms. The van der Waals surface area contributed by atoms with E-state index in [1.165, 1.54) is 14.0 Å². The van der Waals surface area contributed by atoms with Gasteiger partial charge in [-0.25, -0.2) is 13.6 Å². The summed E-state index contributed by atoms with van der Waals surface area (Å²) >= 11 is 0. The van der Waals surface area contributed by atoms with E-state index in [1.54, 1.807) is 60.2 Å². The summed E-state index contributed by atoms with van der Waals surface area (Å²) in [7, 11) is 4.72. The van der Waals surface area contributed by atoms with Gasteiger partial charge < -0.3 is 19.4 Å². The van der Waals surface area contributed by atoms with Crippen molar-refractivity contribution in [3.05, 3.63) is 77.5 Å². The summed E-state index contributed by atoms with van der Waals surface area (Å²) in [5.41, 5.74) is -1.35. The standard InChI is InChI=1S/C28H29F2N5O3/c1-28(20-37,13-17-36)35(16-15-32(2)25-12-14-33(3)31-25)27(38)34(4)26-23(29)18-22(19-24(26)30)11-10-21-8-6-5-7-9-21/h5-9,12,14,17-20H,13,15-16H2,1-4H3. The number of urea groups is 1. The zero-order valence-corrected chi connectivity index (χ0v) is 21.7. The summed E-state index contributed by atoms with van der Waals surface area (Å²) in [6.45, 7) is 1.64. The maximum atomic E-state index is 15.1. The maximum Gasteiger partial charge on any atom is 0.325 e. The maximum absolute atomic E-state index is 15.1. The van der Waals surface area contributed by atoms with Gasteiger partial charge in [0.2, 0.25) is 0 Å². The number of halogens is 2. The average Bonchev–Trinajstić information content (AvgIpc) is 3.34. The number of hydrogen-bond acceptors (Lipinski definition) is 5. The summed E-state index contributed by atoms with van der Waals surface area (Å²) in [6, 6.07) is 12.0. The van der Waals surface area contributed by atoms with Crippen LogP contribution >= 0.6 is 0 Å². The van der Waals surface area contributed by atoms with E-state index >= 15 is 8.78 Å². The summed E-state index contributed by atoms with van der Waals surface area (Å²) in [4.78, 5) is 40.6. The van der Waals surface area contributed by atoms with E-state index in [1.807, 2.05) is 6.07 Å². The third-order valence-corrected chi connectivity index (χ3v) is 6.11.